The lowest BCUT2D eigenvalue weighted by Crippen LogP contribution is -2.28. The van der Waals surface area contributed by atoms with Crippen LogP contribution in [0.5, 0.6) is 0 Å². The normalized spacial score (nSPS) is 18.6. The van der Waals surface area contributed by atoms with Crippen molar-refractivity contribution in [3.05, 3.63) is 76.0 Å². The lowest BCUT2D eigenvalue weighted by Gasteiger charge is -2.24. The molecule has 1 saturated carbocycles. The molecular formula is C28H31N3O2. The fourth-order valence-corrected chi connectivity index (χ4v) is 5.47. The van der Waals surface area contributed by atoms with Gasteiger partial charge in [-0.2, -0.15) is 5.10 Å². The molecule has 2 aromatic carbocycles. The minimum absolute atomic E-state index is 0.00934. The van der Waals surface area contributed by atoms with E-state index in [0.717, 1.165) is 28.1 Å². The number of aromatic nitrogens is 2. The van der Waals surface area contributed by atoms with E-state index in [1.165, 1.54) is 37.7 Å². The second kappa shape index (κ2) is 8.62. The van der Waals surface area contributed by atoms with Crippen LogP contribution in [0.4, 0.5) is 5.82 Å². The van der Waals surface area contributed by atoms with Gasteiger partial charge in [-0.3, -0.25) is 9.59 Å². The molecule has 5 heteroatoms. The Kier molecular flexibility index (Phi) is 5.65. The van der Waals surface area contributed by atoms with Crippen molar-refractivity contribution in [3.8, 4) is 5.69 Å². The SMILES string of the molecule is Cc1cccc(-n2nc(C)c3c2NC(=O)C[C@@H]3C(=O)c2ccc(C3CCCCC3)cc2)c1C. The van der Waals surface area contributed by atoms with Crippen molar-refractivity contribution in [2.75, 3.05) is 5.32 Å². The van der Waals surface area contributed by atoms with E-state index < -0.39 is 5.92 Å². The molecule has 1 aliphatic carbocycles. The van der Waals surface area contributed by atoms with Gasteiger partial charge in [0.2, 0.25) is 5.91 Å². The summed E-state index contributed by atoms with van der Waals surface area (Å²) in [6.07, 6.45) is 6.51. The number of benzene rings is 2. The smallest absolute Gasteiger partial charge is 0.226 e. The second-order valence-electron chi connectivity index (χ2n) is 9.60. The van der Waals surface area contributed by atoms with Crippen molar-refractivity contribution in [1.82, 2.24) is 9.78 Å². The number of fused-ring (bicyclic) bond motifs is 1. The number of rotatable bonds is 4. The molecule has 1 fully saturated rings. The van der Waals surface area contributed by atoms with E-state index in [1.807, 2.05) is 31.2 Å². The van der Waals surface area contributed by atoms with Gasteiger partial charge in [0.15, 0.2) is 5.78 Å². The van der Waals surface area contributed by atoms with Crippen LogP contribution in [0.1, 0.15) is 88.7 Å². The van der Waals surface area contributed by atoms with Gasteiger partial charge in [-0.05, 0) is 62.3 Å². The lowest BCUT2D eigenvalue weighted by atomic mass is 9.82. The number of aryl methyl sites for hydroxylation is 2. The summed E-state index contributed by atoms with van der Waals surface area (Å²) in [5.41, 5.74) is 6.78. The van der Waals surface area contributed by atoms with E-state index in [9.17, 15) is 9.59 Å². The highest BCUT2D eigenvalue weighted by Crippen LogP contribution is 2.39. The molecule has 0 spiro atoms. The zero-order valence-electron chi connectivity index (χ0n) is 19.6. The summed E-state index contributed by atoms with van der Waals surface area (Å²) < 4.78 is 1.79. The molecule has 0 unspecified atom stereocenters. The molecule has 0 bridgehead atoms. The van der Waals surface area contributed by atoms with E-state index in [4.69, 9.17) is 5.10 Å². The fourth-order valence-electron chi connectivity index (χ4n) is 5.47. The van der Waals surface area contributed by atoms with Gasteiger partial charge in [0, 0.05) is 17.5 Å². The number of hydrogen-bond donors (Lipinski definition) is 1. The highest BCUT2D eigenvalue weighted by Gasteiger charge is 2.36. The number of ketones is 1. The van der Waals surface area contributed by atoms with Crippen LogP contribution >= 0.6 is 0 Å². The maximum atomic E-state index is 13.6. The first-order valence-corrected chi connectivity index (χ1v) is 12.0. The number of amides is 1. The van der Waals surface area contributed by atoms with Crippen LogP contribution in [0.25, 0.3) is 5.69 Å². The molecule has 1 aliphatic heterocycles. The maximum absolute atomic E-state index is 13.6. The van der Waals surface area contributed by atoms with Crippen molar-refractivity contribution >= 4 is 17.5 Å². The summed E-state index contributed by atoms with van der Waals surface area (Å²) in [5.74, 6) is 0.548. The van der Waals surface area contributed by atoms with Crippen molar-refractivity contribution in [2.24, 2.45) is 0 Å². The molecule has 1 N–H and O–H groups in total. The quantitative estimate of drug-likeness (QED) is 0.494. The summed E-state index contributed by atoms with van der Waals surface area (Å²) in [7, 11) is 0. The van der Waals surface area contributed by atoms with Gasteiger partial charge in [-0.25, -0.2) is 4.68 Å². The van der Waals surface area contributed by atoms with E-state index in [-0.39, 0.29) is 18.1 Å². The third-order valence-electron chi connectivity index (χ3n) is 7.50. The van der Waals surface area contributed by atoms with Crippen LogP contribution in [0.3, 0.4) is 0 Å². The lowest BCUT2D eigenvalue weighted by molar-refractivity contribution is -0.116. The monoisotopic (exact) mass is 441 g/mol. The van der Waals surface area contributed by atoms with Crippen LogP contribution < -0.4 is 5.32 Å². The standard InChI is InChI=1S/C28H31N3O2/c1-17-8-7-11-24(18(17)2)31-28-26(19(3)30-31)23(16-25(32)29-28)27(33)22-14-12-21(13-15-22)20-9-5-4-6-10-20/h7-8,11-15,20,23H,4-6,9-10,16H2,1-3H3,(H,29,32)/t23-/m0/s1. The summed E-state index contributed by atoms with van der Waals surface area (Å²) in [6.45, 7) is 6.03. The predicted molar refractivity (Wildman–Crippen MR) is 130 cm³/mol. The Morgan fingerprint density at radius 2 is 1.73 bits per heavy atom. The summed E-state index contributed by atoms with van der Waals surface area (Å²) >= 11 is 0. The third kappa shape index (κ3) is 3.90. The molecule has 2 aliphatic rings. The highest BCUT2D eigenvalue weighted by molar-refractivity contribution is 6.08. The Morgan fingerprint density at radius 3 is 2.45 bits per heavy atom. The Hall–Kier alpha value is -3.21. The van der Waals surface area contributed by atoms with Crippen LogP contribution in [0, 0.1) is 20.8 Å². The molecule has 1 atom stereocenters. The van der Waals surface area contributed by atoms with E-state index in [2.05, 4.69) is 37.4 Å². The number of nitrogens with zero attached hydrogens (tertiary/aromatic N) is 2. The van der Waals surface area contributed by atoms with Gasteiger partial charge < -0.3 is 5.32 Å². The van der Waals surface area contributed by atoms with Gasteiger partial charge in [0.25, 0.3) is 0 Å². The van der Waals surface area contributed by atoms with E-state index in [0.29, 0.717) is 17.3 Å². The van der Waals surface area contributed by atoms with Crippen molar-refractivity contribution in [1.29, 1.82) is 0 Å². The molecule has 2 heterocycles. The minimum atomic E-state index is -0.520. The summed E-state index contributed by atoms with van der Waals surface area (Å²) in [6, 6.07) is 14.2. The first kappa shape index (κ1) is 21.6. The average molecular weight is 442 g/mol. The molecule has 3 aromatic rings. The summed E-state index contributed by atoms with van der Waals surface area (Å²) in [5, 5.41) is 7.74. The second-order valence-corrected chi connectivity index (χ2v) is 9.60. The van der Waals surface area contributed by atoms with Crippen LogP contribution in [-0.4, -0.2) is 21.5 Å². The van der Waals surface area contributed by atoms with Crippen molar-refractivity contribution in [2.45, 2.75) is 71.1 Å². The van der Waals surface area contributed by atoms with Crippen molar-refractivity contribution in [3.63, 3.8) is 0 Å². The van der Waals surface area contributed by atoms with E-state index in [1.54, 1.807) is 4.68 Å². The number of Topliss-reactive ketones (excluding diaryl/α,β-unsaturated/α-hetero) is 1. The average Bonchev–Trinajstić information content (AvgIpc) is 3.16. The number of carbonyl (C=O) groups is 2. The molecule has 0 saturated heterocycles. The maximum Gasteiger partial charge on any atom is 0.226 e. The highest BCUT2D eigenvalue weighted by atomic mass is 16.2. The molecular weight excluding hydrogens is 410 g/mol. The molecule has 170 valence electrons. The zero-order valence-corrected chi connectivity index (χ0v) is 19.6. The largest absolute Gasteiger partial charge is 0.310 e. The van der Waals surface area contributed by atoms with Gasteiger partial charge in [-0.1, -0.05) is 55.7 Å². The summed E-state index contributed by atoms with van der Waals surface area (Å²) in [4.78, 5) is 26.3. The Labute approximate surface area is 195 Å². The van der Waals surface area contributed by atoms with Crippen LogP contribution in [-0.2, 0) is 4.79 Å². The number of anilines is 1. The van der Waals surface area contributed by atoms with Crippen molar-refractivity contribution < 1.29 is 9.59 Å². The van der Waals surface area contributed by atoms with Gasteiger partial charge in [0.05, 0.1) is 17.3 Å². The molecule has 1 amide bonds. The van der Waals surface area contributed by atoms with Crippen LogP contribution in [0.15, 0.2) is 42.5 Å². The number of hydrogen-bond acceptors (Lipinski definition) is 3. The zero-order chi connectivity index (χ0) is 23.1. The first-order chi connectivity index (χ1) is 15.9. The van der Waals surface area contributed by atoms with Gasteiger partial charge in [-0.15, -0.1) is 0 Å². The van der Waals surface area contributed by atoms with Gasteiger partial charge in [0.1, 0.15) is 5.82 Å². The third-order valence-corrected chi connectivity index (χ3v) is 7.50. The first-order valence-electron chi connectivity index (χ1n) is 12.0. The van der Waals surface area contributed by atoms with Crippen LogP contribution in [0.2, 0.25) is 0 Å². The molecule has 5 rings (SSSR count). The Balaban J connectivity index is 1.49. The van der Waals surface area contributed by atoms with E-state index >= 15 is 0 Å². The molecule has 33 heavy (non-hydrogen) atoms. The number of nitrogens with one attached hydrogen (secondary N) is 1. The topological polar surface area (TPSA) is 64.0 Å². The Bertz CT molecular complexity index is 1220. The minimum Gasteiger partial charge on any atom is -0.310 e. The fraction of sp³-hybridized carbons (Fsp3) is 0.393. The number of carbonyl (C=O) groups excluding carboxylic acids is 2. The molecule has 1 aromatic heterocycles. The molecule has 5 nitrogen and oxygen atoms in total. The predicted octanol–water partition coefficient (Wildman–Crippen LogP) is 6.15. The Morgan fingerprint density at radius 1 is 1.00 bits per heavy atom. The molecule has 0 radical (unpaired) electrons. The van der Waals surface area contributed by atoms with Gasteiger partial charge >= 0.3 is 0 Å².